The largest absolute Gasteiger partial charge is 0.481 e. The first-order valence-corrected chi connectivity index (χ1v) is 10.1. The molecule has 0 aromatic carbocycles. The molecule has 3 heterocycles. The zero-order valence-corrected chi connectivity index (χ0v) is 14.7. The fourth-order valence-corrected chi connectivity index (χ4v) is 4.10. The maximum atomic E-state index is 11.4. The van der Waals surface area contributed by atoms with Crippen molar-refractivity contribution in [3.8, 4) is 0 Å². The number of phosphoric ester groups is 1. The molecule has 26 heavy (non-hydrogen) atoms. The van der Waals surface area contributed by atoms with Gasteiger partial charge in [-0.1, -0.05) is 0 Å². The molecule has 1 saturated heterocycles. The van der Waals surface area contributed by atoms with E-state index < -0.39 is 40.7 Å². The third-order valence-electron chi connectivity index (χ3n) is 3.46. The summed E-state index contributed by atoms with van der Waals surface area (Å²) in [6, 6.07) is 0. The topological polar surface area (TPSA) is 212 Å². The lowest BCUT2D eigenvalue weighted by Gasteiger charge is -2.17. The Bertz CT molecular complexity index is 900. The molecule has 2 aromatic heterocycles. The number of nitrogen functional groups attached to an aromatic ring is 1. The van der Waals surface area contributed by atoms with Crippen LogP contribution in [0.4, 0.5) is 5.82 Å². The Morgan fingerprint density at radius 3 is 2.73 bits per heavy atom. The number of hydrogen-bond acceptors (Lipinski definition) is 10. The van der Waals surface area contributed by atoms with Crippen molar-refractivity contribution in [2.45, 2.75) is 24.9 Å². The molecule has 14 nitrogen and oxygen atoms in total. The van der Waals surface area contributed by atoms with Gasteiger partial charge in [-0.25, -0.2) is 24.1 Å². The Kier molecular flexibility index (Phi) is 5.14. The van der Waals surface area contributed by atoms with Crippen LogP contribution in [-0.2, 0) is 22.7 Å². The van der Waals surface area contributed by atoms with Gasteiger partial charge >= 0.3 is 15.6 Å². The maximum Gasteiger partial charge on any atom is 0.481 e. The molecule has 0 amide bonds. The Labute approximate surface area is 145 Å². The Hall–Kier alpha value is -1.47. The van der Waals surface area contributed by atoms with Gasteiger partial charge in [0.25, 0.3) is 0 Å². The average Bonchev–Trinajstić information content (AvgIpc) is 3.07. The van der Waals surface area contributed by atoms with Gasteiger partial charge in [0.05, 0.1) is 19.0 Å². The molecule has 1 aliphatic rings. The number of anilines is 1. The molecule has 3 rings (SSSR count). The minimum absolute atomic E-state index is 0.0147. The summed E-state index contributed by atoms with van der Waals surface area (Å²) < 4.78 is 37.2. The number of ether oxygens (including phenoxy) is 1. The van der Waals surface area contributed by atoms with Crippen molar-refractivity contribution in [2.24, 2.45) is 0 Å². The van der Waals surface area contributed by atoms with Crippen LogP contribution < -0.4 is 5.73 Å². The number of nitrogens with two attached hydrogens (primary N) is 1. The Morgan fingerprint density at radius 1 is 1.31 bits per heavy atom. The van der Waals surface area contributed by atoms with Gasteiger partial charge < -0.3 is 30.3 Å². The number of rotatable bonds is 6. The molecule has 6 N–H and O–H groups in total. The highest BCUT2D eigenvalue weighted by molar-refractivity contribution is 7.60. The van der Waals surface area contributed by atoms with Gasteiger partial charge in [-0.2, -0.15) is 4.31 Å². The van der Waals surface area contributed by atoms with Crippen LogP contribution in [0, 0.1) is 0 Å². The molecule has 2 aromatic rings. The predicted octanol–water partition coefficient (Wildman–Crippen LogP) is -0.717. The standard InChI is InChI=1S/C10H15N5O9P2/c11-8-7-9(13-3-12-8)15(4-14-7)10-6(16)1-5(23-10)2-22-26(20,21)24-25(17,18)19/h3-6,10,16H,1-2H2,(H,20,21)(H2,11,12,13)(H2,17,18,19)/t5-,6+,10+/m0/s1. The quantitative estimate of drug-likeness (QED) is 0.372. The molecule has 1 fully saturated rings. The van der Waals surface area contributed by atoms with Gasteiger partial charge in [0.1, 0.15) is 17.9 Å². The van der Waals surface area contributed by atoms with Crippen molar-refractivity contribution in [3.05, 3.63) is 12.7 Å². The molecule has 0 radical (unpaired) electrons. The van der Waals surface area contributed by atoms with E-state index in [9.17, 15) is 19.1 Å². The highest BCUT2D eigenvalue weighted by Gasteiger charge is 2.39. The molecule has 0 saturated carbocycles. The molecule has 0 bridgehead atoms. The van der Waals surface area contributed by atoms with Crippen molar-refractivity contribution in [2.75, 3.05) is 12.3 Å². The van der Waals surface area contributed by atoms with E-state index in [2.05, 4.69) is 23.8 Å². The van der Waals surface area contributed by atoms with E-state index in [-0.39, 0.29) is 12.2 Å². The Morgan fingerprint density at radius 2 is 2.04 bits per heavy atom. The van der Waals surface area contributed by atoms with Crippen LogP contribution >= 0.6 is 15.6 Å². The van der Waals surface area contributed by atoms with E-state index in [0.717, 1.165) is 0 Å². The maximum absolute atomic E-state index is 11.4. The number of nitrogens with zero attached hydrogens (tertiary/aromatic N) is 4. The second-order valence-corrected chi connectivity index (χ2v) is 8.20. The van der Waals surface area contributed by atoms with E-state index >= 15 is 0 Å². The number of hydrogen-bond donors (Lipinski definition) is 5. The van der Waals surface area contributed by atoms with Crippen LogP contribution in [0.1, 0.15) is 12.6 Å². The number of aliphatic hydroxyl groups is 1. The van der Waals surface area contributed by atoms with Gasteiger partial charge in [-0.15, -0.1) is 0 Å². The van der Waals surface area contributed by atoms with Gasteiger partial charge in [-0.3, -0.25) is 9.09 Å². The third kappa shape index (κ3) is 4.26. The van der Waals surface area contributed by atoms with Crippen molar-refractivity contribution < 1.29 is 42.5 Å². The lowest BCUT2D eigenvalue weighted by Crippen LogP contribution is -2.19. The molecule has 4 atom stereocenters. The molecule has 1 aliphatic heterocycles. The molecule has 0 aliphatic carbocycles. The third-order valence-corrected chi connectivity index (χ3v) is 5.61. The first-order valence-electron chi connectivity index (χ1n) is 7.06. The number of imidazole rings is 1. The number of aliphatic hydroxyl groups excluding tert-OH is 1. The fourth-order valence-electron chi connectivity index (χ4n) is 2.48. The minimum atomic E-state index is -5.21. The molecule has 1 unspecified atom stereocenters. The second-order valence-electron chi connectivity index (χ2n) is 5.37. The lowest BCUT2D eigenvalue weighted by atomic mass is 10.2. The van der Waals surface area contributed by atoms with Crippen molar-refractivity contribution >= 4 is 32.6 Å². The van der Waals surface area contributed by atoms with Gasteiger partial charge in [0, 0.05) is 6.42 Å². The average molecular weight is 411 g/mol. The number of aromatic nitrogens is 4. The molecule has 0 spiro atoms. The summed E-state index contributed by atoms with van der Waals surface area (Å²) in [6.07, 6.45) is -0.227. The van der Waals surface area contributed by atoms with E-state index in [1.54, 1.807) is 0 Å². The summed E-state index contributed by atoms with van der Waals surface area (Å²) in [5.74, 6) is 0.150. The summed E-state index contributed by atoms with van der Waals surface area (Å²) in [5, 5.41) is 10.2. The van der Waals surface area contributed by atoms with Crippen LogP contribution in [0.3, 0.4) is 0 Å². The van der Waals surface area contributed by atoms with Crippen molar-refractivity contribution in [1.29, 1.82) is 0 Å². The number of phosphoric acid groups is 2. The normalized spacial score (nSPS) is 26.2. The lowest BCUT2D eigenvalue weighted by molar-refractivity contribution is -0.0481. The fraction of sp³-hybridized carbons (Fsp3) is 0.500. The SMILES string of the molecule is Nc1ncnc2c1ncn2[C@@H]1O[C@H](COP(=O)(O)OP(=O)(O)O)C[C@H]1O. The van der Waals surface area contributed by atoms with Gasteiger partial charge in [0.15, 0.2) is 17.7 Å². The molecule has 16 heteroatoms. The van der Waals surface area contributed by atoms with E-state index in [4.69, 9.17) is 20.3 Å². The highest BCUT2D eigenvalue weighted by atomic mass is 31.3. The summed E-state index contributed by atoms with van der Waals surface area (Å²) in [6.45, 7) is -0.551. The smallest absolute Gasteiger partial charge is 0.388 e. The van der Waals surface area contributed by atoms with Crippen molar-refractivity contribution in [1.82, 2.24) is 19.5 Å². The van der Waals surface area contributed by atoms with Crippen LogP contribution in [-0.4, -0.2) is 58.1 Å². The monoisotopic (exact) mass is 411 g/mol. The summed E-state index contributed by atoms with van der Waals surface area (Å²) in [7, 11) is -10.2. The highest BCUT2D eigenvalue weighted by Crippen LogP contribution is 2.57. The van der Waals surface area contributed by atoms with E-state index in [1.807, 2.05) is 0 Å². The summed E-state index contributed by atoms with van der Waals surface area (Å²) in [4.78, 5) is 38.2. The molecular formula is C10H15N5O9P2. The summed E-state index contributed by atoms with van der Waals surface area (Å²) >= 11 is 0. The predicted molar refractivity (Wildman–Crippen MR) is 83.2 cm³/mol. The number of fused-ring (bicyclic) bond motifs is 1. The second kappa shape index (κ2) is 6.93. The Balaban J connectivity index is 1.69. The summed E-state index contributed by atoms with van der Waals surface area (Å²) in [5.41, 5.74) is 6.33. The van der Waals surface area contributed by atoms with Crippen LogP contribution in [0.15, 0.2) is 12.7 Å². The van der Waals surface area contributed by atoms with Crippen molar-refractivity contribution in [3.63, 3.8) is 0 Å². The molecular weight excluding hydrogens is 396 g/mol. The zero-order valence-electron chi connectivity index (χ0n) is 12.9. The van der Waals surface area contributed by atoms with E-state index in [1.165, 1.54) is 17.2 Å². The molecule has 144 valence electrons. The van der Waals surface area contributed by atoms with E-state index in [0.29, 0.717) is 11.2 Å². The zero-order chi connectivity index (χ0) is 19.1. The first kappa shape index (κ1) is 19.3. The van der Waals surface area contributed by atoms with Gasteiger partial charge in [-0.05, 0) is 0 Å². The van der Waals surface area contributed by atoms with Gasteiger partial charge in [0.2, 0.25) is 0 Å². The van der Waals surface area contributed by atoms with Crippen LogP contribution in [0.5, 0.6) is 0 Å². The first-order chi connectivity index (χ1) is 12.1. The minimum Gasteiger partial charge on any atom is -0.388 e. The van der Waals surface area contributed by atoms with Crippen LogP contribution in [0.2, 0.25) is 0 Å². The van der Waals surface area contributed by atoms with Crippen LogP contribution in [0.25, 0.3) is 11.2 Å².